The van der Waals surface area contributed by atoms with Crippen LogP contribution in [-0.2, 0) is 10.8 Å². The Morgan fingerprint density at radius 3 is 1.78 bits per heavy atom. The Hall–Kier alpha value is -5.47. The molecule has 2 heteroatoms. The van der Waals surface area contributed by atoms with Crippen LogP contribution >= 0.6 is 0 Å². The van der Waals surface area contributed by atoms with Crippen molar-refractivity contribution in [2.75, 3.05) is 0 Å². The first-order valence-electron chi connectivity index (χ1n) is 15.6. The van der Waals surface area contributed by atoms with Crippen molar-refractivity contribution in [3.8, 4) is 33.9 Å². The predicted molar refractivity (Wildman–Crippen MR) is 183 cm³/mol. The molecule has 2 nitrogen and oxygen atoms in total. The van der Waals surface area contributed by atoms with Gasteiger partial charge in [-0.05, 0) is 57.6 Å². The molecule has 1 aliphatic heterocycles. The molecule has 1 aliphatic carbocycles. The van der Waals surface area contributed by atoms with Crippen LogP contribution in [0.3, 0.4) is 0 Å². The van der Waals surface area contributed by atoms with E-state index in [1.807, 2.05) is 6.07 Å². The van der Waals surface area contributed by atoms with Crippen LogP contribution < -0.4 is 4.74 Å². The zero-order valence-corrected chi connectivity index (χ0v) is 25.3. The summed E-state index contributed by atoms with van der Waals surface area (Å²) in [6.07, 6.45) is 0. The van der Waals surface area contributed by atoms with Gasteiger partial charge in [-0.2, -0.15) is 0 Å². The average Bonchev–Trinajstić information content (AvgIpc) is 3.10. The topological polar surface area (TPSA) is 22.1 Å². The van der Waals surface area contributed by atoms with Gasteiger partial charge in [-0.15, -0.1) is 0 Å². The van der Waals surface area contributed by atoms with Gasteiger partial charge in [-0.25, -0.2) is 4.98 Å². The number of rotatable bonds is 2. The molecule has 9 rings (SSSR count). The fraction of sp³-hybridized carbons (Fsp3) is 0.0930. The highest BCUT2D eigenvalue weighted by molar-refractivity contribution is 5.97. The summed E-state index contributed by atoms with van der Waals surface area (Å²) in [5.74, 6) is 1.79. The van der Waals surface area contributed by atoms with E-state index in [0.29, 0.717) is 0 Å². The molecule has 0 unspecified atom stereocenters. The molecule has 1 aromatic heterocycles. The third kappa shape index (κ3) is 3.60. The highest BCUT2D eigenvalue weighted by Gasteiger charge is 2.52. The molecular weight excluding hydrogens is 546 g/mol. The molecule has 0 atom stereocenters. The fourth-order valence-corrected chi connectivity index (χ4v) is 7.96. The second-order valence-corrected chi connectivity index (χ2v) is 12.7. The van der Waals surface area contributed by atoms with Gasteiger partial charge in [0.2, 0.25) is 0 Å². The van der Waals surface area contributed by atoms with Crippen LogP contribution in [0.4, 0.5) is 0 Å². The third-order valence-corrected chi connectivity index (χ3v) is 10.0. The van der Waals surface area contributed by atoms with Gasteiger partial charge in [0.25, 0.3) is 0 Å². The van der Waals surface area contributed by atoms with Gasteiger partial charge in [0, 0.05) is 27.5 Å². The van der Waals surface area contributed by atoms with Gasteiger partial charge in [-0.3, -0.25) is 0 Å². The van der Waals surface area contributed by atoms with E-state index >= 15 is 0 Å². The van der Waals surface area contributed by atoms with E-state index in [1.54, 1.807) is 0 Å². The van der Waals surface area contributed by atoms with Crippen molar-refractivity contribution in [2.24, 2.45) is 0 Å². The minimum Gasteiger partial charge on any atom is -0.457 e. The Labute approximate surface area is 263 Å². The SMILES string of the molecule is CC1(C)c2ccccc2C2(c3ccccc3Oc3cc(-c4cc(-c5ccccc5)nc5ccccc45)ccc32)c2ccccc21. The summed E-state index contributed by atoms with van der Waals surface area (Å²) >= 11 is 0. The van der Waals surface area contributed by atoms with E-state index < -0.39 is 5.41 Å². The fourth-order valence-electron chi connectivity index (χ4n) is 7.96. The summed E-state index contributed by atoms with van der Waals surface area (Å²) in [6, 6.07) is 54.5. The van der Waals surface area contributed by atoms with Crippen LogP contribution in [0.1, 0.15) is 47.2 Å². The monoisotopic (exact) mass is 577 g/mol. The van der Waals surface area contributed by atoms with Crippen molar-refractivity contribution < 1.29 is 4.74 Å². The lowest BCUT2D eigenvalue weighted by Gasteiger charge is -2.50. The van der Waals surface area contributed by atoms with Gasteiger partial charge in [0.1, 0.15) is 11.5 Å². The highest BCUT2D eigenvalue weighted by atomic mass is 16.5. The molecule has 0 N–H and O–H groups in total. The minimum atomic E-state index is -0.513. The number of nitrogens with zero attached hydrogens (tertiary/aromatic N) is 1. The third-order valence-electron chi connectivity index (χ3n) is 10.0. The van der Waals surface area contributed by atoms with Crippen molar-refractivity contribution in [1.82, 2.24) is 4.98 Å². The molecule has 7 aromatic rings. The molecule has 214 valence electrons. The second-order valence-electron chi connectivity index (χ2n) is 12.7. The standard InChI is InChI=1S/C43H31NO/c1-42(2)32-17-7-9-19-34(32)43(35-20-10-8-18-33(35)42)36-21-11-13-23-40(36)45-41-26-29(24-25-37(41)43)31-27-39(28-14-4-3-5-15-28)44-38-22-12-6-16-30(31)38/h3-27H,1-2H3. The first kappa shape index (κ1) is 26.0. The largest absolute Gasteiger partial charge is 0.457 e. The van der Waals surface area contributed by atoms with Crippen molar-refractivity contribution in [1.29, 1.82) is 0 Å². The molecule has 0 fully saturated rings. The van der Waals surface area contributed by atoms with Crippen molar-refractivity contribution in [2.45, 2.75) is 24.7 Å². The summed E-state index contributed by atoms with van der Waals surface area (Å²) < 4.78 is 6.86. The van der Waals surface area contributed by atoms with Crippen molar-refractivity contribution in [3.05, 3.63) is 185 Å². The Balaban J connectivity index is 1.35. The lowest BCUT2D eigenvalue weighted by atomic mass is 9.53. The number of benzene rings is 6. The molecule has 0 amide bonds. The van der Waals surface area contributed by atoms with Gasteiger partial charge in [0.15, 0.2) is 0 Å². The molecular formula is C43H31NO. The van der Waals surface area contributed by atoms with Gasteiger partial charge in [-0.1, -0.05) is 141 Å². The van der Waals surface area contributed by atoms with E-state index in [9.17, 15) is 0 Å². The molecule has 1 spiro atoms. The number of hydrogen-bond acceptors (Lipinski definition) is 2. The van der Waals surface area contributed by atoms with Crippen LogP contribution in [-0.4, -0.2) is 4.98 Å². The molecule has 0 saturated carbocycles. The summed E-state index contributed by atoms with van der Waals surface area (Å²) in [7, 11) is 0. The number of pyridine rings is 1. The minimum absolute atomic E-state index is 0.143. The van der Waals surface area contributed by atoms with Crippen LogP contribution in [0.15, 0.2) is 152 Å². The van der Waals surface area contributed by atoms with Gasteiger partial charge < -0.3 is 4.74 Å². The summed E-state index contributed by atoms with van der Waals surface area (Å²) in [5.41, 5.74) is 12.3. The highest BCUT2D eigenvalue weighted by Crippen LogP contribution is 2.61. The zero-order valence-electron chi connectivity index (χ0n) is 25.3. The van der Waals surface area contributed by atoms with E-state index in [4.69, 9.17) is 9.72 Å². The Morgan fingerprint density at radius 2 is 1.04 bits per heavy atom. The number of para-hydroxylation sites is 2. The quantitative estimate of drug-likeness (QED) is 0.204. The Bertz CT molecular complexity index is 2230. The van der Waals surface area contributed by atoms with E-state index in [-0.39, 0.29) is 5.41 Å². The summed E-state index contributed by atoms with van der Waals surface area (Å²) in [4.78, 5) is 5.05. The number of fused-ring (bicyclic) bond motifs is 9. The molecule has 0 saturated heterocycles. The molecule has 0 bridgehead atoms. The van der Waals surface area contributed by atoms with Crippen molar-refractivity contribution >= 4 is 10.9 Å². The van der Waals surface area contributed by atoms with Crippen LogP contribution in [0, 0.1) is 0 Å². The molecule has 2 aliphatic rings. The smallest absolute Gasteiger partial charge is 0.132 e. The van der Waals surface area contributed by atoms with E-state index in [2.05, 4.69) is 159 Å². The van der Waals surface area contributed by atoms with Crippen molar-refractivity contribution in [3.63, 3.8) is 0 Å². The number of aromatic nitrogens is 1. The zero-order chi connectivity index (χ0) is 30.2. The lowest BCUT2D eigenvalue weighted by Crippen LogP contribution is -2.43. The molecule has 45 heavy (non-hydrogen) atoms. The number of ether oxygens (including phenoxy) is 1. The number of hydrogen-bond donors (Lipinski definition) is 0. The maximum atomic E-state index is 6.86. The van der Waals surface area contributed by atoms with Gasteiger partial charge >= 0.3 is 0 Å². The predicted octanol–water partition coefficient (Wildman–Crippen LogP) is 10.7. The Morgan fingerprint density at radius 1 is 0.467 bits per heavy atom. The molecule has 2 heterocycles. The Kier molecular flexibility index (Phi) is 5.49. The summed E-state index contributed by atoms with van der Waals surface area (Å²) in [5, 5.41) is 1.12. The van der Waals surface area contributed by atoms with E-state index in [0.717, 1.165) is 44.8 Å². The lowest BCUT2D eigenvalue weighted by molar-refractivity contribution is 0.425. The van der Waals surface area contributed by atoms with Crippen LogP contribution in [0.25, 0.3) is 33.3 Å². The second kappa shape index (κ2) is 9.51. The average molecular weight is 578 g/mol. The van der Waals surface area contributed by atoms with E-state index in [1.165, 1.54) is 33.4 Å². The van der Waals surface area contributed by atoms with Crippen LogP contribution in [0.5, 0.6) is 11.5 Å². The summed E-state index contributed by atoms with van der Waals surface area (Å²) in [6.45, 7) is 4.71. The molecule has 6 aromatic carbocycles. The first-order valence-corrected chi connectivity index (χ1v) is 15.6. The maximum Gasteiger partial charge on any atom is 0.132 e. The first-order chi connectivity index (χ1) is 22.1. The van der Waals surface area contributed by atoms with Gasteiger partial charge in [0.05, 0.1) is 16.6 Å². The maximum absolute atomic E-state index is 6.86. The molecule has 0 radical (unpaired) electrons. The van der Waals surface area contributed by atoms with Crippen LogP contribution in [0.2, 0.25) is 0 Å². The normalized spacial score (nSPS) is 15.0.